The molecule has 0 aromatic heterocycles. The van der Waals surface area contributed by atoms with Crippen LogP contribution in [0.3, 0.4) is 0 Å². The molecule has 4 aliphatic carbocycles. The highest BCUT2D eigenvalue weighted by atomic mass is 28.3. The van der Waals surface area contributed by atoms with Crippen molar-refractivity contribution >= 4 is 20.2 Å². The minimum absolute atomic E-state index is 0.532. The van der Waals surface area contributed by atoms with Crippen LogP contribution in [0.1, 0.15) is 173 Å². The second kappa shape index (κ2) is 16.1. The summed E-state index contributed by atoms with van der Waals surface area (Å²) in [4.78, 5) is 0. The van der Waals surface area contributed by atoms with E-state index in [0.29, 0.717) is 11.1 Å². The molecule has 2 unspecified atom stereocenters. The van der Waals surface area contributed by atoms with E-state index in [0.717, 1.165) is 11.8 Å². The van der Waals surface area contributed by atoms with Crippen molar-refractivity contribution in [1.29, 1.82) is 0 Å². The van der Waals surface area contributed by atoms with Gasteiger partial charge in [-0.2, -0.15) is 0 Å². The molecule has 0 radical (unpaired) electrons. The molecule has 2 saturated carbocycles. The van der Waals surface area contributed by atoms with Crippen molar-refractivity contribution in [3.8, 4) is 22.3 Å². The molecule has 0 heterocycles. The fraction of sp³-hybridized carbons (Fsp3) is 0.462. The summed E-state index contributed by atoms with van der Waals surface area (Å²) in [5.74, 6) is 1.50. The summed E-state index contributed by atoms with van der Waals surface area (Å²) < 4.78 is 0. The van der Waals surface area contributed by atoms with E-state index in [1.54, 1.807) is 33.4 Å². The van der Waals surface area contributed by atoms with Crippen LogP contribution in [0.4, 0.5) is 0 Å². The molecule has 0 amide bonds. The molecular weight excluding hydrogens is 653 g/mol. The van der Waals surface area contributed by atoms with Crippen molar-refractivity contribution in [1.82, 2.24) is 0 Å². The summed E-state index contributed by atoms with van der Waals surface area (Å²) in [6.07, 6.45) is 26.6. The number of benzene rings is 4. The van der Waals surface area contributed by atoms with Crippen LogP contribution in [-0.2, 0) is 0 Å². The molecule has 0 saturated heterocycles. The summed E-state index contributed by atoms with van der Waals surface area (Å²) in [7, 11) is -2.01. The van der Waals surface area contributed by atoms with Gasteiger partial charge in [-0.1, -0.05) is 187 Å². The lowest BCUT2D eigenvalue weighted by atomic mass is 9.83. The van der Waals surface area contributed by atoms with Gasteiger partial charge in [0, 0.05) is 11.1 Å². The summed E-state index contributed by atoms with van der Waals surface area (Å²) in [6, 6.07) is 34.2. The number of hydrogen-bond acceptors (Lipinski definition) is 0. The first-order valence-electron chi connectivity index (χ1n) is 21.8. The molecule has 0 N–H and O–H groups in total. The molecular formula is C52H64Si. The Bertz CT molecular complexity index is 1780. The highest BCUT2D eigenvalue weighted by molar-refractivity contribution is 6.81. The summed E-state index contributed by atoms with van der Waals surface area (Å²) in [5.41, 5.74) is 19.5. The molecule has 2 atom stereocenters. The minimum Gasteiger partial charge on any atom is -0.0679 e. The van der Waals surface area contributed by atoms with Crippen LogP contribution in [0.2, 0.25) is 13.1 Å². The van der Waals surface area contributed by atoms with E-state index >= 15 is 0 Å². The maximum atomic E-state index is 2.75. The van der Waals surface area contributed by atoms with E-state index in [-0.39, 0.29) is 0 Å². The molecule has 0 spiro atoms. The zero-order valence-electron chi connectivity index (χ0n) is 33.4. The Morgan fingerprint density at radius 1 is 0.491 bits per heavy atom. The number of rotatable bonds is 12. The van der Waals surface area contributed by atoms with Crippen molar-refractivity contribution in [2.45, 2.75) is 153 Å². The first kappa shape index (κ1) is 36.5. The molecule has 1 heteroatoms. The van der Waals surface area contributed by atoms with Gasteiger partial charge in [0.05, 0.1) is 8.07 Å². The number of unbranched alkanes of at least 4 members (excludes halogenated alkanes) is 2. The van der Waals surface area contributed by atoms with Crippen LogP contribution in [0, 0.1) is 0 Å². The van der Waals surface area contributed by atoms with Crippen molar-refractivity contribution in [3.05, 3.63) is 129 Å². The molecule has 0 bridgehead atoms. The maximum Gasteiger partial charge on any atom is 0.0722 e. The molecule has 4 aliphatic rings. The lowest BCUT2D eigenvalue weighted by Crippen LogP contribution is -2.43. The van der Waals surface area contributed by atoms with Crippen molar-refractivity contribution in [3.63, 3.8) is 0 Å². The smallest absolute Gasteiger partial charge is 0.0679 e. The topological polar surface area (TPSA) is 0 Å². The molecule has 0 aliphatic heterocycles. The minimum atomic E-state index is -2.01. The summed E-state index contributed by atoms with van der Waals surface area (Å²) >= 11 is 0. The molecule has 53 heavy (non-hydrogen) atoms. The zero-order valence-corrected chi connectivity index (χ0v) is 34.4. The third kappa shape index (κ3) is 7.25. The van der Waals surface area contributed by atoms with Crippen LogP contribution >= 0.6 is 0 Å². The van der Waals surface area contributed by atoms with Crippen LogP contribution in [0.25, 0.3) is 34.4 Å². The average Bonchev–Trinajstić information content (AvgIpc) is 3.79. The van der Waals surface area contributed by atoms with E-state index < -0.39 is 8.07 Å². The van der Waals surface area contributed by atoms with Gasteiger partial charge >= 0.3 is 0 Å². The van der Waals surface area contributed by atoms with Gasteiger partial charge in [-0.3, -0.25) is 0 Å². The Morgan fingerprint density at radius 3 is 1.26 bits per heavy atom. The molecule has 276 valence electrons. The Balaban J connectivity index is 1.16. The Hall–Kier alpha value is -3.42. The van der Waals surface area contributed by atoms with Gasteiger partial charge in [-0.05, 0) is 119 Å². The van der Waals surface area contributed by atoms with E-state index in [2.05, 4.69) is 124 Å². The van der Waals surface area contributed by atoms with Gasteiger partial charge in [0.15, 0.2) is 0 Å². The lowest BCUT2D eigenvalue weighted by molar-refractivity contribution is 0.443. The Morgan fingerprint density at radius 2 is 0.887 bits per heavy atom. The van der Waals surface area contributed by atoms with E-state index in [1.165, 1.54) is 136 Å². The fourth-order valence-corrected chi connectivity index (χ4v) is 16.1. The van der Waals surface area contributed by atoms with Gasteiger partial charge in [-0.25, -0.2) is 0 Å². The van der Waals surface area contributed by atoms with Crippen LogP contribution in [-0.4, -0.2) is 8.07 Å². The lowest BCUT2D eigenvalue weighted by Gasteiger charge is -2.40. The highest BCUT2D eigenvalue weighted by Gasteiger charge is 2.48. The Labute approximate surface area is 323 Å². The second-order valence-electron chi connectivity index (χ2n) is 17.9. The van der Waals surface area contributed by atoms with Crippen LogP contribution in [0.5, 0.6) is 0 Å². The SMILES string of the molecule is CCCCC1=Cc2c(-c3ccc(C4CCCCC4)cc3)cccc2C1[Si](C)(C)C1C(CCCC)=Cc2c(-c3ccc(C4CCCCC4)cc3)cccc21. The van der Waals surface area contributed by atoms with Gasteiger partial charge in [-0.15, -0.1) is 0 Å². The van der Waals surface area contributed by atoms with E-state index in [4.69, 9.17) is 0 Å². The van der Waals surface area contributed by atoms with Gasteiger partial charge in [0.2, 0.25) is 0 Å². The number of allylic oxidation sites excluding steroid dienone is 2. The quantitative estimate of drug-likeness (QED) is 0.128. The normalized spacial score (nSPS) is 20.6. The largest absolute Gasteiger partial charge is 0.0722 e. The summed E-state index contributed by atoms with van der Waals surface area (Å²) in [6.45, 7) is 10.2. The number of hydrogen-bond donors (Lipinski definition) is 0. The fourth-order valence-electron chi connectivity index (χ4n) is 11.3. The standard InChI is InChI=1S/C52H64Si/c1-5-7-17-43-35-49-45(41-31-27-39(28-32-41)37-19-11-9-12-20-37)23-15-25-47(49)51(43)53(3,4)52-44(18-8-6-2)36-50-46(24-16-26-48(50)52)42-33-29-40(30-34-42)38-21-13-10-14-22-38/h15-16,23-38,51-52H,5-14,17-22H2,1-4H3. The maximum absolute atomic E-state index is 2.75. The van der Waals surface area contributed by atoms with Crippen LogP contribution in [0.15, 0.2) is 96.1 Å². The monoisotopic (exact) mass is 716 g/mol. The molecule has 4 aromatic rings. The third-order valence-corrected chi connectivity index (χ3v) is 18.4. The van der Waals surface area contributed by atoms with Gasteiger partial charge in [0.1, 0.15) is 0 Å². The zero-order chi connectivity index (χ0) is 36.4. The number of fused-ring (bicyclic) bond motifs is 2. The van der Waals surface area contributed by atoms with Crippen molar-refractivity contribution in [2.24, 2.45) is 0 Å². The first-order valence-corrected chi connectivity index (χ1v) is 25.0. The molecule has 0 nitrogen and oxygen atoms in total. The predicted molar refractivity (Wildman–Crippen MR) is 233 cm³/mol. The van der Waals surface area contributed by atoms with Gasteiger partial charge < -0.3 is 0 Å². The van der Waals surface area contributed by atoms with Crippen molar-refractivity contribution < 1.29 is 0 Å². The van der Waals surface area contributed by atoms with E-state index in [1.807, 2.05) is 0 Å². The third-order valence-electron chi connectivity index (χ3n) is 14.0. The van der Waals surface area contributed by atoms with E-state index in [9.17, 15) is 0 Å². The second-order valence-corrected chi connectivity index (χ2v) is 22.7. The highest BCUT2D eigenvalue weighted by Crippen LogP contribution is 2.56. The molecule has 8 rings (SSSR count). The first-order chi connectivity index (χ1) is 26.0. The Kier molecular flexibility index (Phi) is 11.1. The van der Waals surface area contributed by atoms with Gasteiger partial charge in [0.25, 0.3) is 0 Å². The molecule has 4 aromatic carbocycles. The average molecular weight is 717 g/mol. The summed E-state index contributed by atoms with van der Waals surface area (Å²) in [5, 5.41) is 0. The molecule has 2 fully saturated rings. The van der Waals surface area contributed by atoms with Crippen LogP contribution < -0.4 is 0 Å². The van der Waals surface area contributed by atoms with Crippen molar-refractivity contribution in [2.75, 3.05) is 0 Å². The predicted octanol–water partition coefficient (Wildman–Crippen LogP) is 15.9.